The molecule has 9 nitrogen and oxygen atoms in total. The number of aromatic nitrogens is 4. The molecule has 2 unspecified atom stereocenters. The first-order chi connectivity index (χ1) is 18.9. The van der Waals surface area contributed by atoms with Crippen molar-refractivity contribution >= 4 is 28.7 Å². The highest BCUT2D eigenvalue weighted by molar-refractivity contribution is 6.30. The van der Waals surface area contributed by atoms with Gasteiger partial charge in [0, 0.05) is 42.9 Å². The van der Waals surface area contributed by atoms with Gasteiger partial charge in [-0.3, -0.25) is 4.90 Å². The molecule has 2 aliphatic rings. The number of likely N-dealkylation sites (tertiary alicyclic amines) is 1. The molecule has 2 fully saturated rings. The van der Waals surface area contributed by atoms with E-state index in [0.29, 0.717) is 59.4 Å². The van der Waals surface area contributed by atoms with Gasteiger partial charge >= 0.3 is 5.97 Å². The fraction of sp³-hybridized carbons (Fsp3) is 0.357. The average molecular weight is 552 g/mol. The Morgan fingerprint density at radius 1 is 1.15 bits per heavy atom. The lowest BCUT2D eigenvalue weighted by Gasteiger charge is -2.27. The molecule has 39 heavy (non-hydrogen) atoms. The molecule has 1 N–H and O–H groups in total. The molecular weight excluding hydrogens is 525 g/mol. The van der Waals surface area contributed by atoms with Crippen molar-refractivity contribution in [2.75, 3.05) is 19.7 Å². The molecule has 4 aromatic rings. The number of fused-ring (bicyclic) bond motifs is 1. The molecule has 6 rings (SSSR count). The van der Waals surface area contributed by atoms with Gasteiger partial charge in [0.1, 0.15) is 23.3 Å². The van der Waals surface area contributed by atoms with Gasteiger partial charge in [-0.05, 0) is 48.7 Å². The van der Waals surface area contributed by atoms with Gasteiger partial charge in [-0.25, -0.2) is 24.1 Å². The van der Waals surface area contributed by atoms with Crippen LogP contribution in [-0.4, -0.2) is 67.4 Å². The number of nitrogens with zero attached hydrogens (tertiary/aromatic N) is 5. The van der Waals surface area contributed by atoms with E-state index in [1.807, 2.05) is 22.8 Å². The Bertz CT molecular complexity index is 1530. The van der Waals surface area contributed by atoms with Crippen molar-refractivity contribution in [2.24, 2.45) is 0 Å². The number of hydrogen-bond acceptors (Lipinski definition) is 7. The number of benzene rings is 1. The standard InChI is InChI=1S/C28H27ClFN5O4/c29-18-5-4-17(22(30)13-18)12-19-2-1-3-26(31-19)39-21-8-10-34(14-21)16-25-32-23-6-7-24(28(36)37)33-27(23)35(25)15-20-9-11-38-20/h1-7,13,20-21H,8-12,14-16H2,(H,36,37). The van der Waals surface area contributed by atoms with Crippen LogP contribution < -0.4 is 4.74 Å². The maximum absolute atomic E-state index is 14.2. The van der Waals surface area contributed by atoms with E-state index in [9.17, 15) is 14.3 Å². The topological polar surface area (TPSA) is 103 Å². The van der Waals surface area contributed by atoms with Gasteiger partial charge in [-0.1, -0.05) is 23.7 Å². The molecule has 2 atom stereocenters. The Morgan fingerprint density at radius 2 is 2.03 bits per heavy atom. The molecule has 2 saturated heterocycles. The van der Waals surface area contributed by atoms with E-state index in [0.717, 1.165) is 31.8 Å². The summed E-state index contributed by atoms with van der Waals surface area (Å²) in [7, 11) is 0. The Morgan fingerprint density at radius 3 is 2.79 bits per heavy atom. The first-order valence-electron chi connectivity index (χ1n) is 12.9. The fourth-order valence-corrected chi connectivity index (χ4v) is 5.16. The summed E-state index contributed by atoms with van der Waals surface area (Å²) in [5.41, 5.74) is 2.46. The zero-order valence-corrected chi connectivity index (χ0v) is 21.9. The van der Waals surface area contributed by atoms with E-state index in [1.54, 1.807) is 18.2 Å². The summed E-state index contributed by atoms with van der Waals surface area (Å²) < 4.78 is 28.1. The Labute approximate surface area is 229 Å². The molecule has 1 aromatic carbocycles. The lowest BCUT2D eigenvalue weighted by Crippen LogP contribution is -2.33. The van der Waals surface area contributed by atoms with Crippen molar-refractivity contribution in [3.63, 3.8) is 0 Å². The first kappa shape index (κ1) is 25.7. The lowest BCUT2D eigenvalue weighted by molar-refractivity contribution is -0.0592. The number of carboxylic acids is 1. The van der Waals surface area contributed by atoms with Crippen molar-refractivity contribution in [2.45, 2.75) is 44.6 Å². The van der Waals surface area contributed by atoms with Gasteiger partial charge in [0.05, 0.1) is 19.2 Å². The second-order valence-electron chi connectivity index (χ2n) is 9.91. The third-order valence-corrected chi connectivity index (χ3v) is 7.35. The Kier molecular flexibility index (Phi) is 7.16. The molecule has 0 aliphatic carbocycles. The number of hydrogen-bond donors (Lipinski definition) is 1. The summed E-state index contributed by atoms with van der Waals surface area (Å²) in [6.45, 7) is 3.40. The molecule has 11 heteroatoms. The van der Waals surface area contributed by atoms with Gasteiger partial charge in [-0.15, -0.1) is 0 Å². The second kappa shape index (κ2) is 10.9. The van der Waals surface area contributed by atoms with Crippen molar-refractivity contribution in [3.8, 4) is 5.88 Å². The van der Waals surface area contributed by atoms with E-state index in [4.69, 9.17) is 26.1 Å². The summed E-state index contributed by atoms with van der Waals surface area (Å²) in [5.74, 6) is -0.0947. The number of carboxylic acid groups (broad SMARTS) is 1. The van der Waals surface area contributed by atoms with E-state index in [-0.39, 0.29) is 23.7 Å². The number of carbonyl (C=O) groups is 1. The molecule has 202 valence electrons. The van der Waals surface area contributed by atoms with Crippen molar-refractivity contribution in [1.29, 1.82) is 0 Å². The van der Waals surface area contributed by atoms with Crippen molar-refractivity contribution in [1.82, 2.24) is 24.4 Å². The van der Waals surface area contributed by atoms with E-state index in [1.165, 1.54) is 12.1 Å². The van der Waals surface area contributed by atoms with Gasteiger partial charge < -0.3 is 19.1 Å². The number of halogens is 2. The largest absolute Gasteiger partial charge is 0.477 e. The van der Waals surface area contributed by atoms with Crippen LogP contribution in [0.25, 0.3) is 11.2 Å². The maximum atomic E-state index is 14.2. The predicted octanol–water partition coefficient (Wildman–Crippen LogP) is 4.35. The van der Waals surface area contributed by atoms with Crippen LogP contribution in [0.15, 0.2) is 48.5 Å². The number of ether oxygens (including phenoxy) is 2. The van der Waals surface area contributed by atoms with Crippen LogP contribution in [0.3, 0.4) is 0 Å². The van der Waals surface area contributed by atoms with Crippen LogP contribution in [0.1, 0.15) is 40.4 Å². The van der Waals surface area contributed by atoms with Crippen LogP contribution in [0, 0.1) is 5.82 Å². The summed E-state index contributed by atoms with van der Waals surface area (Å²) in [6, 6.07) is 13.4. The SMILES string of the molecule is O=C(O)c1ccc2nc(CN3CCC(Oc4cccc(Cc5ccc(Cl)cc5F)n4)C3)n(CC3CCO3)c2n1. The normalized spacial score (nSPS) is 19.3. The van der Waals surface area contributed by atoms with Crippen molar-refractivity contribution in [3.05, 3.63) is 82.1 Å². The minimum absolute atomic E-state index is 0.00658. The summed E-state index contributed by atoms with van der Waals surface area (Å²) in [5, 5.41) is 9.77. The smallest absolute Gasteiger partial charge is 0.354 e. The minimum Gasteiger partial charge on any atom is -0.477 e. The number of pyridine rings is 2. The third kappa shape index (κ3) is 5.73. The quantitative estimate of drug-likeness (QED) is 0.327. The maximum Gasteiger partial charge on any atom is 0.354 e. The Balaban J connectivity index is 1.13. The van der Waals surface area contributed by atoms with Crippen LogP contribution in [0.5, 0.6) is 5.88 Å². The number of aromatic carboxylic acids is 1. The highest BCUT2D eigenvalue weighted by Crippen LogP contribution is 2.24. The summed E-state index contributed by atoms with van der Waals surface area (Å²) >= 11 is 5.87. The average Bonchev–Trinajstić information content (AvgIpc) is 3.46. The van der Waals surface area contributed by atoms with Crippen LogP contribution >= 0.6 is 11.6 Å². The molecule has 5 heterocycles. The molecule has 0 bridgehead atoms. The van der Waals surface area contributed by atoms with Crippen LogP contribution in [0.4, 0.5) is 4.39 Å². The van der Waals surface area contributed by atoms with E-state index >= 15 is 0 Å². The summed E-state index contributed by atoms with van der Waals surface area (Å²) in [4.78, 5) is 27.5. The zero-order valence-electron chi connectivity index (χ0n) is 21.1. The van der Waals surface area contributed by atoms with Crippen molar-refractivity contribution < 1.29 is 23.8 Å². The number of imidazole rings is 1. The molecular formula is C28H27ClFN5O4. The fourth-order valence-electron chi connectivity index (χ4n) is 5.00. The summed E-state index contributed by atoms with van der Waals surface area (Å²) in [6.07, 6.45) is 2.14. The molecule has 2 aliphatic heterocycles. The van der Waals surface area contributed by atoms with Gasteiger partial charge in [0.2, 0.25) is 5.88 Å². The lowest BCUT2D eigenvalue weighted by atomic mass is 10.1. The Hall–Kier alpha value is -3.60. The molecule has 0 saturated carbocycles. The minimum atomic E-state index is -1.07. The molecule has 0 spiro atoms. The van der Waals surface area contributed by atoms with Crippen LogP contribution in [0.2, 0.25) is 5.02 Å². The van der Waals surface area contributed by atoms with Crippen LogP contribution in [-0.2, 0) is 24.2 Å². The van der Waals surface area contributed by atoms with Gasteiger partial charge in [0.15, 0.2) is 11.3 Å². The molecule has 0 radical (unpaired) electrons. The van der Waals surface area contributed by atoms with E-state index < -0.39 is 5.97 Å². The third-order valence-electron chi connectivity index (χ3n) is 7.12. The van der Waals surface area contributed by atoms with Gasteiger partial charge in [0.25, 0.3) is 0 Å². The first-order valence-corrected chi connectivity index (χ1v) is 13.3. The van der Waals surface area contributed by atoms with E-state index in [2.05, 4.69) is 14.9 Å². The second-order valence-corrected chi connectivity index (χ2v) is 10.3. The van der Waals surface area contributed by atoms with Gasteiger partial charge in [-0.2, -0.15) is 0 Å². The highest BCUT2D eigenvalue weighted by atomic mass is 35.5. The number of rotatable bonds is 9. The molecule has 0 amide bonds. The zero-order chi connectivity index (χ0) is 26.9. The predicted molar refractivity (Wildman–Crippen MR) is 142 cm³/mol. The monoisotopic (exact) mass is 551 g/mol. The highest BCUT2D eigenvalue weighted by Gasteiger charge is 2.28. The molecule has 3 aromatic heterocycles.